The maximum absolute atomic E-state index is 5.63. The standard InChI is InChI=1S/C12H24N2O/c1-10(2)15-8-7-14-6-5-13-9-12(14)11-3-4-11/h10-13H,3-9H2,1-2H3. The molecule has 0 bridgehead atoms. The maximum Gasteiger partial charge on any atom is 0.0597 e. The van der Waals surface area contributed by atoms with E-state index >= 15 is 0 Å². The van der Waals surface area contributed by atoms with Gasteiger partial charge in [0.1, 0.15) is 0 Å². The van der Waals surface area contributed by atoms with Crippen LogP contribution < -0.4 is 5.32 Å². The molecule has 0 aromatic rings. The van der Waals surface area contributed by atoms with Crippen molar-refractivity contribution in [3.05, 3.63) is 0 Å². The molecule has 88 valence electrons. The molecular formula is C12H24N2O. The minimum absolute atomic E-state index is 0.368. The molecule has 15 heavy (non-hydrogen) atoms. The van der Waals surface area contributed by atoms with Crippen LogP contribution in [0.15, 0.2) is 0 Å². The van der Waals surface area contributed by atoms with Crippen molar-refractivity contribution in [3.8, 4) is 0 Å². The minimum Gasteiger partial charge on any atom is -0.377 e. The van der Waals surface area contributed by atoms with Crippen LogP contribution in [0.5, 0.6) is 0 Å². The summed E-state index contributed by atoms with van der Waals surface area (Å²) in [5.41, 5.74) is 0. The van der Waals surface area contributed by atoms with Gasteiger partial charge in [-0.3, -0.25) is 4.90 Å². The normalized spacial score (nSPS) is 28.6. The lowest BCUT2D eigenvalue weighted by molar-refractivity contribution is 0.0396. The van der Waals surface area contributed by atoms with E-state index in [9.17, 15) is 0 Å². The Morgan fingerprint density at radius 1 is 1.40 bits per heavy atom. The smallest absolute Gasteiger partial charge is 0.0597 e. The molecule has 1 aliphatic heterocycles. The Labute approximate surface area is 93.2 Å². The summed E-state index contributed by atoms with van der Waals surface area (Å²) in [6.07, 6.45) is 3.24. The summed E-state index contributed by atoms with van der Waals surface area (Å²) in [4.78, 5) is 2.62. The van der Waals surface area contributed by atoms with Gasteiger partial charge in [-0.15, -0.1) is 0 Å². The third kappa shape index (κ3) is 3.44. The van der Waals surface area contributed by atoms with Gasteiger partial charge in [-0.05, 0) is 32.6 Å². The van der Waals surface area contributed by atoms with Gasteiger partial charge in [0.15, 0.2) is 0 Å². The molecule has 0 aromatic carbocycles. The molecule has 3 heteroatoms. The van der Waals surface area contributed by atoms with Gasteiger partial charge in [0.2, 0.25) is 0 Å². The summed E-state index contributed by atoms with van der Waals surface area (Å²) < 4.78 is 5.63. The molecule has 2 aliphatic rings. The van der Waals surface area contributed by atoms with Gasteiger partial charge in [0.05, 0.1) is 12.7 Å². The lowest BCUT2D eigenvalue weighted by Crippen LogP contribution is -2.53. The van der Waals surface area contributed by atoms with Gasteiger partial charge in [-0.1, -0.05) is 0 Å². The first-order valence-electron chi connectivity index (χ1n) is 6.33. The summed E-state index contributed by atoms with van der Waals surface area (Å²) >= 11 is 0. The lowest BCUT2D eigenvalue weighted by Gasteiger charge is -2.36. The largest absolute Gasteiger partial charge is 0.377 e. The van der Waals surface area contributed by atoms with Gasteiger partial charge < -0.3 is 10.1 Å². The van der Waals surface area contributed by atoms with Crippen molar-refractivity contribution in [2.24, 2.45) is 5.92 Å². The Hall–Kier alpha value is -0.120. The minimum atomic E-state index is 0.368. The monoisotopic (exact) mass is 212 g/mol. The number of hydrogen-bond acceptors (Lipinski definition) is 3. The van der Waals surface area contributed by atoms with Crippen LogP contribution in [0, 0.1) is 5.92 Å². The highest BCUT2D eigenvalue weighted by molar-refractivity contribution is 4.92. The summed E-state index contributed by atoms with van der Waals surface area (Å²) in [5, 5.41) is 3.50. The average molecular weight is 212 g/mol. The molecule has 0 aromatic heterocycles. The Kier molecular flexibility index (Phi) is 4.00. The molecule has 1 atom stereocenters. The summed E-state index contributed by atoms with van der Waals surface area (Å²) in [7, 11) is 0. The van der Waals surface area contributed by atoms with Crippen LogP contribution >= 0.6 is 0 Å². The lowest BCUT2D eigenvalue weighted by atomic mass is 10.1. The molecule has 0 amide bonds. The van der Waals surface area contributed by atoms with Crippen molar-refractivity contribution >= 4 is 0 Å². The summed E-state index contributed by atoms with van der Waals surface area (Å²) in [5.74, 6) is 0.969. The second kappa shape index (κ2) is 5.28. The van der Waals surface area contributed by atoms with E-state index in [4.69, 9.17) is 4.74 Å². The molecule has 1 saturated heterocycles. The summed E-state index contributed by atoms with van der Waals surface area (Å²) in [6, 6.07) is 0.787. The van der Waals surface area contributed by atoms with E-state index in [0.717, 1.165) is 31.7 Å². The van der Waals surface area contributed by atoms with Crippen molar-refractivity contribution in [2.45, 2.75) is 38.8 Å². The first-order valence-corrected chi connectivity index (χ1v) is 6.33. The number of hydrogen-bond donors (Lipinski definition) is 1. The zero-order valence-corrected chi connectivity index (χ0v) is 10.0. The van der Waals surface area contributed by atoms with Crippen molar-refractivity contribution in [1.82, 2.24) is 10.2 Å². The Morgan fingerprint density at radius 2 is 2.20 bits per heavy atom. The fourth-order valence-corrected chi connectivity index (χ4v) is 2.40. The topological polar surface area (TPSA) is 24.5 Å². The summed E-state index contributed by atoms with van der Waals surface area (Å²) in [6.45, 7) is 9.74. The maximum atomic E-state index is 5.63. The molecule has 1 saturated carbocycles. The Morgan fingerprint density at radius 3 is 2.87 bits per heavy atom. The molecule has 3 nitrogen and oxygen atoms in total. The van der Waals surface area contributed by atoms with E-state index in [1.165, 1.54) is 25.9 Å². The predicted molar refractivity (Wildman–Crippen MR) is 62.0 cm³/mol. The van der Waals surface area contributed by atoms with E-state index in [1.807, 2.05) is 0 Å². The quantitative estimate of drug-likeness (QED) is 0.738. The van der Waals surface area contributed by atoms with Crippen LogP contribution in [0.25, 0.3) is 0 Å². The highest BCUT2D eigenvalue weighted by Gasteiger charge is 2.36. The number of nitrogens with zero attached hydrogens (tertiary/aromatic N) is 1. The molecule has 1 N–H and O–H groups in total. The van der Waals surface area contributed by atoms with Crippen molar-refractivity contribution in [2.75, 3.05) is 32.8 Å². The van der Waals surface area contributed by atoms with E-state index in [1.54, 1.807) is 0 Å². The highest BCUT2D eigenvalue weighted by Crippen LogP contribution is 2.35. The molecule has 1 unspecified atom stereocenters. The SMILES string of the molecule is CC(C)OCCN1CCNCC1C1CC1. The number of rotatable bonds is 5. The van der Waals surface area contributed by atoms with Crippen LogP contribution in [-0.4, -0.2) is 49.8 Å². The van der Waals surface area contributed by atoms with E-state index in [2.05, 4.69) is 24.1 Å². The van der Waals surface area contributed by atoms with Crippen LogP contribution in [0.2, 0.25) is 0 Å². The number of ether oxygens (including phenoxy) is 1. The second-order valence-corrected chi connectivity index (χ2v) is 5.06. The molecule has 2 rings (SSSR count). The molecule has 2 fully saturated rings. The van der Waals surface area contributed by atoms with E-state index < -0.39 is 0 Å². The Balaban J connectivity index is 1.72. The van der Waals surface area contributed by atoms with Crippen LogP contribution in [0.3, 0.4) is 0 Å². The zero-order valence-electron chi connectivity index (χ0n) is 10.0. The average Bonchev–Trinajstić information content (AvgIpc) is 3.01. The first kappa shape index (κ1) is 11.4. The third-order valence-electron chi connectivity index (χ3n) is 3.39. The fraction of sp³-hybridized carbons (Fsp3) is 1.00. The molecule has 0 radical (unpaired) electrons. The second-order valence-electron chi connectivity index (χ2n) is 5.06. The molecular weight excluding hydrogens is 188 g/mol. The van der Waals surface area contributed by atoms with Gasteiger partial charge in [-0.25, -0.2) is 0 Å². The predicted octanol–water partition coefficient (Wildman–Crippen LogP) is 1.10. The van der Waals surface area contributed by atoms with E-state index in [-0.39, 0.29) is 0 Å². The molecule has 1 aliphatic carbocycles. The molecule has 1 heterocycles. The van der Waals surface area contributed by atoms with Crippen molar-refractivity contribution in [1.29, 1.82) is 0 Å². The highest BCUT2D eigenvalue weighted by atomic mass is 16.5. The van der Waals surface area contributed by atoms with Gasteiger partial charge in [0, 0.05) is 32.2 Å². The van der Waals surface area contributed by atoms with Gasteiger partial charge >= 0.3 is 0 Å². The molecule has 0 spiro atoms. The van der Waals surface area contributed by atoms with Gasteiger partial charge in [-0.2, -0.15) is 0 Å². The van der Waals surface area contributed by atoms with Crippen LogP contribution in [0.1, 0.15) is 26.7 Å². The van der Waals surface area contributed by atoms with Gasteiger partial charge in [0.25, 0.3) is 0 Å². The first-order chi connectivity index (χ1) is 7.27. The van der Waals surface area contributed by atoms with Crippen LogP contribution in [-0.2, 0) is 4.74 Å². The van der Waals surface area contributed by atoms with Crippen LogP contribution in [0.4, 0.5) is 0 Å². The van der Waals surface area contributed by atoms with E-state index in [0.29, 0.717) is 6.10 Å². The Bertz CT molecular complexity index is 192. The third-order valence-corrected chi connectivity index (χ3v) is 3.39. The van der Waals surface area contributed by atoms with Crippen molar-refractivity contribution in [3.63, 3.8) is 0 Å². The van der Waals surface area contributed by atoms with Crippen molar-refractivity contribution < 1.29 is 4.74 Å². The number of nitrogens with one attached hydrogen (secondary N) is 1. The zero-order chi connectivity index (χ0) is 10.7. The number of piperazine rings is 1. The fourth-order valence-electron chi connectivity index (χ4n) is 2.40.